The molecule has 1 N–H and O–H groups in total. The summed E-state index contributed by atoms with van der Waals surface area (Å²) in [6.45, 7) is 5.81. The minimum absolute atomic E-state index is 0.0410. The fraction of sp³-hybridized carbons (Fsp3) is 0.333. The van der Waals surface area contributed by atoms with E-state index in [-0.39, 0.29) is 30.9 Å². The first-order valence-electron chi connectivity index (χ1n) is 8.73. The molecular weight excluding hydrogens is 344 g/mol. The maximum absolute atomic E-state index is 12.3. The van der Waals surface area contributed by atoms with E-state index in [0.717, 1.165) is 16.7 Å². The van der Waals surface area contributed by atoms with Gasteiger partial charge in [0, 0.05) is 18.5 Å². The number of carbonyl (C=O) groups is 2. The zero-order valence-electron chi connectivity index (χ0n) is 15.7. The molecule has 6 heteroatoms. The fourth-order valence-corrected chi connectivity index (χ4v) is 2.88. The van der Waals surface area contributed by atoms with Gasteiger partial charge in [0.2, 0.25) is 0 Å². The summed E-state index contributed by atoms with van der Waals surface area (Å²) in [4.78, 5) is 28.0. The molecule has 1 aromatic heterocycles. The van der Waals surface area contributed by atoms with Gasteiger partial charge in [0.15, 0.2) is 5.78 Å². The first-order valence-corrected chi connectivity index (χ1v) is 8.73. The molecule has 1 aromatic carbocycles. The van der Waals surface area contributed by atoms with Crippen LogP contribution < -0.4 is 0 Å². The highest BCUT2D eigenvalue weighted by atomic mass is 16.5. The van der Waals surface area contributed by atoms with Gasteiger partial charge in [0.1, 0.15) is 11.4 Å². The lowest BCUT2D eigenvalue weighted by Crippen LogP contribution is -2.10. The van der Waals surface area contributed by atoms with Crippen LogP contribution in [0.2, 0.25) is 0 Å². The van der Waals surface area contributed by atoms with E-state index in [4.69, 9.17) is 10.00 Å². The van der Waals surface area contributed by atoms with E-state index in [1.807, 2.05) is 26.0 Å². The van der Waals surface area contributed by atoms with Crippen molar-refractivity contribution in [3.05, 3.63) is 57.9 Å². The molecule has 0 saturated heterocycles. The number of rotatable bonds is 7. The number of hydrogen-bond donors (Lipinski definition) is 1. The van der Waals surface area contributed by atoms with Crippen LogP contribution in [0.4, 0.5) is 0 Å². The molecule has 0 bridgehead atoms. The van der Waals surface area contributed by atoms with Gasteiger partial charge in [-0.1, -0.05) is 0 Å². The summed E-state index contributed by atoms with van der Waals surface area (Å²) >= 11 is 0. The molecule has 1 heterocycles. The Kier molecular flexibility index (Phi) is 6.67. The van der Waals surface area contributed by atoms with Crippen molar-refractivity contribution < 1.29 is 19.4 Å². The lowest BCUT2D eigenvalue weighted by atomic mass is 9.95. The molecular formula is C21H22N2O4. The maximum Gasteiger partial charge on any atom is 0.306 e. The van der Waals surface area contributed by atoms with Crippen LogP contribution in [-0.4, -0.2) is 28.4 Å². The van der Waals surface area contributed by atoms with Crippen LogP contribution in [0.1, 0.15) is 58.2 Å². The highest BCUT2D eigenvalue weighted by Crippen LogP contribution is 2.23. The van der Waals surface area contributed by atoms with E-state index in [2.05, 4.69) is 11.1 Å². The van der Waals surface area contributed by atoms with Crippen LogP contribution >= 0.6 is 0 Å². The minimum Gasteiger partial charge on any atom is -0.506 e. The first kappa shape index (κ1) is 20.1. The van der Waals surface area contributed by atoms with E-state index in [9.17, 15) is 14.7 Å². The Hall–Kier alpha value is -3.20. The molecule has 0 unspecified atom stereocenters. The highest BCUT2D eigenvalue weighted by Gasteiger charge is 2.17. The van der Waals surface area contributed by atoms with E-state index < -0.39 is 11.8 Å². The molecule has 0 aliphatic heterocycles. The van der Waals surface area contributed by atoms with Crippen molar-refractivity contribution in [3.63, 3.8) is 0 Å². The molecule has 27 heavy (non-hydrogen) atoms. The van der Waals surface area contributed by atoms with Crippen LogP contribution in [0.15, 0.2) is 24.3 Å². The maximum atomic E-state index is 12.3. The summed E-state index contributed by atoms with van der Waals surface area (Å²) in [7, 11) is 0. The number of aryl methyl sites for hydroxylation is 2. The standard InChI is InChI=1S/C21H22N2O4/c1-4-27-20(26)8-7-19(25)21-18(24)6-5-16(23-21)11-17-13(2)9-15(12-22)10-14(17)3/h5-6,9-10,24H,4,7-8,11H2,1-3H3. The van der Waals surface area contributed by atoms with Gasteiger partial charge in [-0.2, -0.15) is 5.26 Å². The summed E-state index contributed by atoms with van der Waals surface area (Å²) in [5.41, 5.74) is 4.15. The molecule has 0 fully saturated rings. The molecule has 2 aromatic rings. The van der Waals surface area contributed by atoms with E-state index >= 15 is 0 Å². The van der Waals surface area contributed by atoms with Gasteiger partial charge in [-0.15, -0.1) is 0 Å². The number of pyridine rings is 1. The summed E-state index contributed by atoms with van der Waals surface area (Å²) in [6, 6.07) is 8.86. The molecule has 0 spiro atoms. The van der Waals surface area contributed by atoms with Crippen molar-refractivity contribution in [2.24, 2.45) is 0 Å². The molecule has 0 aliphatic rings. The van der Waals surface area contributed by atoms with Crippen LogP contribution in [0, 0.1) is 25.2 Å². The minimum atomic E-state index is -0.453. The third-order valence-corrected chi connectivity index (χ3v) is 4.24. The smallest absolute Gasteiger partial charge is 0.306 e. The molecule has 0 radical (unpaired) electrons. The Bertz CT molecular complexity index is 890. The summed E-state index contributed by atoms with van der Waals surface area (Å²) in [6.07, 6.45) is 0.353. The second kappa shape index (κ2) is 8.95. The Balaban J connectivity index is 2.21. The van der Waals surface area contributed by atoms with Gasteiger partial charge in [0.25, 0.3) is 0 Å². The summed E-state index contributed by atoms with van der Waals surface area (Å²) in [5, 5.41) is 19.0. The number of esters is 1. The monoisotopic (exact) mass is 366 g/mol. The number of Topliss-reactive ketones (excluding diaryl/α,β-unsaturated/α-hetero) is 1. The molecule has 0 aliphatic carbocycles. The number of nitrogens with zero attached hydrogens (tertiary/aromatic N) is 2. The SMILES string of the molecule is CCOC(=O)CCC(=O)c1nc(Cc2c(C)cc(C#N)cc2C)ccc1O. The number of carbonyl (C=O) groups excluding carboxylic acids is 2. The average Bonchev–Trinajstić information content (AvgIpc) is 2.64. The Labute approximate surface area is 158 Å². The number of aromatic nitrogens is 1. The number of benzene rings is 1. The lowest BCUT2D eigenvalue weighted by molar-refractivity contribution is -0.143. The van der Waals surface area contributed by atoms with Crippen molar-refractivity contribution in [2.75, 3.05) is 6.61 Å². The van der Waals surface area contributed by atoms with Gasteiger partial charge in [-0.05, 0) is 61.7 Å². The van der Waals surface area contributed by atoms with Crippen LogP contribution in [0.5, 0.6) is 5.75 Å². The van der Waals surface area contributed by atoms with Crippen molar-refractivity contribution in [1.82, 2.24) is 4.98 Å². The average molecular weight is 366 g/mol. The lowest BCUT2D eigenvalue weighted by Gasteiger charge is -2.11. The van der Waals surface area contributed by atoms with Gasteiger partial charge >= 0.3 is 5.97 Å². The second-order valence-corrected chi connectivity index (χ2v) is 6.28. The van der Waals surface area contributed by atoms with Gasteiger partial charge in [0.05, 0.1) is 24.7 Å². The van der Waals surface area contributed by atoms with E-state index in [0.29, 0.717) is 17.7 Å². The molecule has 6 nitrogen and oxygen atoms in total. The second-order valence-electron chi connectivity index (χ2n) is 6.28. The normalized spacial score (nSPS) is 10.3. The fourth-order valence-electron chi connectivity index (χ4n) is 2.88. The molecule has 140 valence electrons. The zero-order chi connectivity index (χ0) is 20.0. The molecule has 2 rings (SSSR count). The van der Waals surface area contributed by atoms with Crippen molar-refractivity contribution in [2.45, 2.75) is 40.0 Å². The highest BCUT2D eigenvalue weighted by molar-refractivity contribution is 5.98. The molecule has 0 atom stereocenters. The predicted octanol–water partition coefficient (Wildman–Crippen LogP) is 3.39. The number of hydrogen-bond acceptors (Lipinski definition) is 6. The Morgan fingerprint density at radius 1 is 1.19 bits per heavy atom. The van der Waals surface area contributed by atoms with Crippen molar-refractivity contribution in [3.8, 4) is 11.8 Å². The van der Waals surface area contributed by atoms with Crippen LogP contribution in [0.25, 0.3) is 0 Å². The van der Waals surface area contributed by atoms with Crippen molar-refractivity contribution in [1.29, 1.82) is 5.26 Å². The van der Waals surface area contributed by atoms with Gasteiger partial charge in [-0.25, -0.2) is 4.98 Å². The largest absolute Gasteiger partial charge is 0.506 e. The first-order chi connectivity index (χ1) is 12.8. The van der Waals surface area contributed by atoms with Crippen molar-refractivity contribution >= 4 is 11.8 Å². The number of aromatic hydroxyl groups is 1. The Morgan fingerprint density at radius 3 is 2.44 bits per heavy atom. The third kappa shape index (κ3) is 5.14. The van der Waals surface area contributed by atoms with Crippen LogP contribution in [0.3, 0.4) is 0 Å². The summed E-state index contributed by atoms with van der Waals surface area (Å²) in [5.74, 6) is -1.07. The Morgan fingerprint density at radius 2 is 1.85 bits per heavy atom. The van der Waals surface area contributed by atoms with Gasteiger partial charge < -0.3 is 9.84 Å². The van der Waals surface area contributed by atoms with Gasteiger partial charge in [-0.3, -0.25) is 9.59 Å². The molecule has 0 amide bonds. The van der Waals surface area contributed by atoms with E-state index in [1.165, 1.54) is 6.07 Å². The third-order valence-electron chi connectivity index (χ3n) is 4.24. The quantitative estimate of drug-likeness (QED) is 0.595. The molecule has 0 saturated carbocycles. The topological polar surface area (TPSA) is 100 Å². The number of ketones is 1. The zero-order valence-corrected chi connectivity index (χ0v) is 15.7. The summed E-state index contributed by atoms with van der Waals surface area (Å²) < 4.78 is 4.81. The van der Waals surface area contributed by atoms with E-state index in [1.54, 1.807) is 13.0 Å². The number of nitriles is 1. The van der Waals surface area contributed by atoms with Crippen LogP contribution in [-0.2, 0) is 16.0 Å². The predicted molar refractivity (Wildman–Crippen MR) is 99.5 cm³/mol. The number of ether oxygens (including phenoxy) is 1.